The number of hydrogen-bond acceptors (Lipinski definition) is 0. The number of rotatable bonds is 8. The molecule has 2 unspecified atom stereocenters. The monoisotopic (exact) mass is 450 g/mol. The van der Waals surface area contributed by atoms with Crippen molar-refractivity contribution in [1.82, 2.24) is 0 Å². The van der Waals surface area contributed by atoms with E-state index in [4.69, 9.17) is 0 Å². The van der Waals surface area contributed by atoms with Gasteiger partial charge in [-0.25, -0.2) is 13.2 Å². The van der Waals surface area contributed by atoms with Crippen molar-refractivity contribution in [2.45, 2.75) is 38.0 Å². The maximum atomic E-state index is 14.8. The average Bonchev–Trinajstić information content (AvgIpc) is 2.81. The van der Waals surface area contributed by atoms with Crippen LogP contribution in [-0.4, -0.2) is 6.67 Å². The van der Waals surface area contributed by atoms with Crippen LogP contribution in [-0.2, 0) is 0 Å². The molecule has 0 aromatic heterocycles. The molecule has 170 valence electrons. The van der Waals surface area contributed by atoms with Crippen molar-refractivity contribution in [3.63, 3.8) is 0 Å². The highest BCUT2D eigenvalue weighted by molar-refractivity contribution is 5.86. The van der Waals surface area contributed by atoms with Crippen LogP contribution in [0.5, 0.6) is 0 Å². The fourth-order valence-corrected chi connectivity index (χ4v) is 4.59. The van der Waals surface area contributed by atoms with Crippen molar-refractivity contribution in [1.29, 1.82) is 0 Å². The minimum absolute atomic E-state index is 0.122. The predicted molar refractivity (Wildman–Crippen MR) is 127 cm³/mol. The van der Waals surface area contributed by atoms with E-state index < -0.39 is 30.0 Å². The Labute approximate surface area is 191 Å². The molecule has 4 heteroatoms. The summed E-state index contributed by atoms with van der Waals surface area (Å²) in [5.41, 5.74) is 1.38. The summed E-state index contributed by atoms with van der Waals surface area (Å²) in [5, 5.41) is 2.40. The van der Waals surface area contributed by atoms with E-state index in [1.807, 2.05) is 18.2 Å². The molecule has 0 aliphatic rings. The average molecular weight is 451 g/mol. The molecule has 0 amide bonds. The molecule has 0 fully saturated rings. The molecule has 0 radical (unpaired) electrons. The molecule has 0 spiro atoms. The molecule has 0 saturated heterocycles. The SMILES string of the molecule is CC(CCCC(CF)c1cc(F)c(-c2cccc(F)c2)c(F)c1)c1cccc2ccccc12. The van der Waals surface area contributed by atoms with Crippen LogP contribution < -0.4 is 0 Å². The highest BCUT2D eigenvalue weighted by Crippen LogP contribution is 2.34. The normalized spacial score (nSPS) is 13.2. The molecule has 4 aromatic carbocycles. The lowest BCUT2D eigenvalue weighted by Crippen LogP contribution is -2.05. The summed E-state index contributed by atoms with van der Waals surface area (Å²) in [6.45, 7) is 1.46. The summed E-state index contributed by atoms with van der Waals surface area (Å²) in [7, 11) is 0. The summed E-state index contributed by atoms with van der Waals surface area (Å²) >= 11 is 0. The Morgan fingerprint density at radius 1 is 0.758 bits per heavy atom. The van der Waals surface area contributed by atoms with E-state index in [1.54, 1.807) is 0 Å². The van der Waals surface area contributed by atoms with Gasteiger partial charge in [-0.15, -0.1) is 0 Å². The zero-order valence-electron chi connectivity index (χ0n) is 18.5. The third kappa shape index (κ3) is 5.11. The van der Waals surface area contributed by atoms with Crippen molar-refractivity contribution in [2.75, 3.05) is 6.67 Å². The maximum absolute atomic E-state index is 14.8. The van der Waals surface area contributed by atoms with Crippen LogP contribution in [0.15, 0.2) is 78.9 Å². The molecular weight excluding hydrogens is 424 g/mol. The van der Waals surface area contributed by atoms with Crippen LogP contribution in [0.4, 0.5) is 17.6 Å². The molecule has 0 nitrogen and oxygen atoms in total. The van der Waals surface area contributed by atoms with Crippen LogP contribution in [0.2, 0.25) is 0 Å². The Morgan fingerprint density at radius 2 is 1.45 bits per heavy atom. The predicted octanol–water partition coefficient (Wildman–Crippen LogP) is 8.95. The number of fused-ring (bicyclic) bond motifs is 1. The first-order chi connectivity index (χ1) is 16.0. The van der Waals surface area contributed by atoms with E-state index in [1.165, 1.54) is 46.7 Å². The fraction of sp³-hybridized carbons (Fsp3) is 0.241. The first kappa shape index (κ1) is 23.0. The van der Waals surface area contributed by atoms with Gasteiger partial charge in [-0.3, -0.25) is 4.39 Å². The first-order valence-corrected chi connectivity index (χ1v) is 11.3. The lowest BCUT2D eigenvalue weighted by atomic mass is 9.87. The molecular formula is C29H26F4. The van der Waals surface area contributed by atoms with Gasteiger partial charge < -0.3 is 0 Å². The molecule has 0 aliphatic carbocycles. The van der Waals surface area contributed by atoms with Gasteiger partial charge in [0.2, 0.25) is 0 Å². The first-order valence-electron chi connectivity index (χ1n) is 11.3. The van der Waals surface area contributed by atoms with Crippen LogP contribution in [0.25, 0.3) is 21.9 Å². The minimum atomic E-state index is -0.807. The molecule has 0 bridgehead atoms. The van der Waals surface area contributed by atoms with Crippen molar-refractivity contribution in [3.05, 3.63) is 107 Å². The summed E-state index contributed by atoms with van der Waals surface area (Å²) in [5.74, 6) is -2.50. The van der Waals surface area contributed by atoms with Gasteiger partial charge in [0.15, 0.2) is 0 Å². The fourth-order valence-electron chi connectivity index (χ4n) is 4.59. The number of hydrogen-bond donors (Lipinski definition) is 0. The number of halogens is 4. The van der Waals surface area contributed by atoms with Crippen LogP contribution >= 0.6 is 0 Å². The highest BCUT2D eigenvalue weighted by Gasteiger charge is 2.19. The third-order valence-corrected chi connectivity index (χ3v) is 6.38. The van der Waals surface area contributed by atoms with Gasteiger partial charge in [0.05, 0.1) is 12.2 Å². The smallest absolute Gasteiger partial charge is 0.134 e. The minimum Gasteiger partial charge on any atom is -0.250 e. The third-order valence-electron chi connectivity index (χ3n) is 6.38. The maximum Gasteiger partial charge on any atom is 0.134 e. The lowest BCUT2D eigenvalue weighted by Gasteiger charge is -2.18. The Hall–Kier alpha value is -3.14. The summed E-state index contributed by atoms with van der Waals surface area (Å²) in [4.78, 5) is 0. The Balaban J connectivity index is 1.47. The zero-order valence-corrected chi connectivity index (χ0v) is 18.5. The van der Waals surface area contributed by atoms with E-state index in [9.17, 15) is 17.6 Å². The van der Waals surface area contributed by atoms with Gasteiger partial charge in [-0.2, -0.15) is 0 Å². The van der Waals surface area contributed by atoms with E-state index in [0.717, 1.165) is 18.9 Å². The zero-order chi connectivity index (χ0) is 23.4. The molecule has 33 heavy (non-hydrogen) atoms. The Kier molecular flexibility index (Phi) is 7.12. The molecule has 2 atom stereocenters. The van der Waals surface area contributed by atoms with E-state index in [0.29, 0.717) is 12.0 Å². The van der Waals surface area contributed by atoms with E-state index in [-0.39, 0.29) is 17.0 Å². The van der Waals surface area contributed by atoms with E-state index >= 15 is 0 Å². The van der Waals surface area contributed by atoms with Crippen LogP contribution in [0, 0.1) is 17.5 Å². The molecule has 0 N–H and O–H groups in total. The van der Waals surface area contributed by atoms with Gasteiger partial charge in [-0.05, 0) is 70.5 Å². The second kappa shape index (κ2) is 10.2. The van der Waals surface area contributed by atoms with Gasteiger partial charge in [-0.1, -0.05) is 67.9 Å². The van der Waals surface area contributed by atoms with Crippen molar-refractivity contribution in [2.24, 2.45) is 0 Å². The Morgan fingerprint density at radius 3 is 2.18 bits per heavy atom. The molecule has 4 aromatic rings. The van der Waals surface area contributed by atoms with Crippen LogP contribution in [0.3, 0.4) is 0 Å². The van der Waals surface area contributed by atoms with Gasteiger partial charge in [0, 0.05) is 5.92 Å². The number of benzene rings is 4. The van der Waals surface area contributed by atoms with Crippen molar-refractivity contribution < 1.29 is 17.6 Å². The quantitative estimate of drug-likeness (QED) is 0.235. The molecule has 0 heterocycles. The molecule has 0 saturated carbocycles. The second-order valence-electron chi connectivity index (χ2n) is 8.62. The summed E-state index contributed by atoms with van der Waals surface area (Å²) in [6, 6.07) is 22.0. The van der Waals surface area contributed by atoms with Crippen LogP contribution in [0.1, 0.15) is 49.1 Å². The highest BCUT2D eigenvalue weighted by atomic mass is 19.1. The lowest BCUT2D eigenvalue weighted by molar-refractivity contribution is 0.400. The van der Waals surface area contributed by atoms with Crippen molar-refractivity contribution >= 4 is 10.8 Å². The number of alkyl halides is 1. The van der Waals surface area contributed by atoms with Gasteiger partial charge in [0.1, 0.15) is 17.5 Å². The van der Waals surface area contributed by atoms with Gasteiger partial charge in [0.25, 0.3) is 0 Å². The molecule has 0 aliphatic heterocycles. The largest absolute Gasteiger partial charge is 0.250 e. The topological polar surface area (TPSA) is 0 Å². The molecule has 4 rings (SSSR count). The standard InChI is InChI=1S/C29H26F4/c1-19(25-14-6-9-20-8-2-3-13-26(20)25)7-4-11-22(18-30)23-16-27(32)29(28(33)17-23)21-10-5-12-24(31)15-21/h2-3,5-6,8-10,12-17,19,22H,4,7,11,18H2,1H3. The summed E-state index contributed by atoms with van der Waals surface area (Å²) < 4.78 is 56.9. The van der Waals surface area contributed by atoms with E-state index in [2.05, 4.69) is 31.2 Å². The second-order valence-corrected chi connectivity index (χ2v) is 8.62. The Bertz CT molecular complexity index is 1220. The van der Waals surface area contributed by atoms with Gasteiger partial charge >= 0.3 is 0 Å². The van der Waals surface area contributed by atoms with Crippen molar-refractivity contribution in [3.8, 4) is 11.1 Å². The summed E-state index contributed by atoms with van der Waals surface area (Å²) in [6.07, 6.45) is 2.06.